The number of carbonyl (C=O) groups is 1. The summed E-state index contributed by atoms with van der Waals surface area (Å²) < 4.78 is 0. The smallest absolute Gasteiger partial charge is 0.248 e. The first-order valence-electron chi connectivity index (χ1n) is 5.01. The SMILES string of the molecule is CN(CC(=O)NN)CC1CCCN1C. The molecule has 0 aromatic rings. The second kappa shape index (κ2) is 5.29. The summed E-state index contributed by atoms with van der Waals surface area (Å²) in [6.45, 7) is 2.48. The Bertz CT molecular complexity index is 197. The van der Waals surface area contributed by atoms with Crippen LogP contribution in [0.25, 0.3) is 0 Å². The second-order valence-corrected chi connectivity index (χ2v) is 4.04. The Morgan fingerprint density at radius 2 is 2.43 bits per heavy atom. The van der Waals surface area contributed by atoms with Crippen molar-refractivity contribution in [3.05, 3.63) is 0 Å². The fraction of sp³-hybridized carbons (Fsp3) is 0.889. The van der Waals surface area contributed by atoms with Crippen molar-refractivity contribution in [3.8, 4) is 0 Å². The maximum atomic E-state index is 11.0. The summed E-state index contributed by atoms with van der Waals surface area (Å²) in [6.07, 6.45) is 2.49. The minimum atomic E-state index is -0.131. The third-order valence-electron chi connectivity index (χ3n) is 2.77. The van der Waals surface area contributed by atoms with Crippen molar-refractivity contribution < 1.29 is 4.79 Å². The van der Waals surface area contributed by atoms with E-state index < -0.39 is 0 Å². The molecule has 1 rings (SSSR count). The number of amides is 1. The summed E-state index contributed by atoms with van der Waals surface area (Å²) in [5.41, 5.74) is 2.14. The number of likely N-dealkylation sites (tertiary alicyclic amines) is 1. The average Bonchev–Trinajstić information content (AvgIpc) is 2.51. The molecule has 0 aromatic carbocycles. The molecule has 0 radical (unpaired) electrons. The van der Waals surface area contributed by atoms with Gasteiger partial charge in [-0.15, -0.1) is 0 Å². The summed E-state index contributed by atoms with van der Waals surface area (Å²) in [4.78, 5) is 15.3. The molecule has 1 fully saturated rings. The number of nitrogens with two attached hydrogens (primary N) is 1. The molecular weight excluding hydrogens is 180 g/mol. The van der Waals surface area contributed by atoms with Crippen molar-refractivity contribution in [1.29, 1.82) is 0 Å². The van der Waals surface area contributed by atoms with Crippen LogP contribution in [0.15, 0.2) is 0 Å². The predicted octanol–water partition coefficient (Wildman–Crippen LogP) is -0.998. The molecule has 0 saturated carbocycles. The molecule has 1 amide bonds. The molecule has 14 heavy (non-hydrogen) atoms. The van der Waals surface area contributed by atoms with E-state index in [-0.39, 0.29) is 5.91 Å². The lowest BCUT2D eigenvalue weighted by molar-refractivity contribution is -0.122. The first-order chi connectivity index (χ1) is 6.63. The van der Waals surface area contributed by atoms with Crippen LogP contribution >= 0.6 is 0 Å². The Hall–Kier alpha value is -0.650. The van der Waals surface area contributed by atoms with Crippen molar-refractivity contribution in [1.82, 2.24) is 15.2 Å². The summed E-state index contributed by atoms with van der Waals surface area (Å²) in [7, 11) is 4.08. The molecular formula is C9H20N4O. The fourth-order valence-electron chi connectivity index (χ4n) is 1.93. The van der Waals surface area contributed by atoms with Gasteiger partial charge in [0.2, 0.25) is 5.91 Å². The van der Waals surface area contributed by atoms with Crippen LogP contribution in [0.1, 0.15) is 12.8 Å². The van der Waals surface area contributed by atoms with Crippen LogP contribution in [0.2, 0.25) is 0 Å². The number of nitrogens with zero attached hydrogens (tertiary/aromatic N) is 2. The van der Waals surface area contributed by atoms with Gasteiger partial charge in [-0.2, -0.15) is 0 Å². The van der Waals surface area contributed by atoms with E-state index in [4.69, 9.17) is 5.84 Å². The molecule has 1 atom stereocenters. The lowest BCUT2D eigenvalue weighted by Gasteiger charge is -2.24. The zero-order valence-electron chi connectivity index (χ0n) is 8.99. The molecule has 0 aliphatic carbocycles. The molecule has 0 aromatic heterocycles. The van der Waals surface area contributed by atoms with Gasteiger partial charge in [-0.05, 0) is 33.5 Å². The Balaban J connectivity index is 2.25. The van der Waals surface area contributed by atoms with E-state index in [2.05, 4.69) is 17.4 Å². The minimum absolute atomic E-state index is 0.131. The second-order valence-electron chi connectivity index (χ2n) is 4.04. The van der Waals surface area contributed by atoms with Gasteiger partial charge in [-0.3, -0.25) is 15.1 Å². The number of likely N-dealkylation sites (N-methyl/N-ethyl adjacent to an activating group) is 2. The molecule has 1 aliphatic rings. The summed E-state index contributed by atoms with van der Waals surface area (Å²) in [5, 5.41) is 0. The summed E-state index contributed by atoms with van der Waals surface area (Å²) >= 11 is 0. The van der Waals surface area contributed by atoms with E-state index in [1.54, 1.807) is 0 Å². The zero-order chi connectivity index (χ0) is 10.6. The van der Waals surface area contributed by atoms with E-state index in [0.29, 0.717) is 12.6 Å². The largest absolute Gasteiger partial charge is 0.302 e. The highest BCUT2D eigenvalue weighted by Gasteiger charge is 2.22. The monoisotopic (exact) mass is 200 g/mol. The van der Waals surface area contributed by atoms with Crippen LogP contribution in [0.3, 0.4) is 0 Å². The van der Waals surface area contributed by atoms with Crippen molar-refractivity contribution in [2.75, 3.05) is 33.7 Å². The van der Waals surface area contributed by atoms with E-state index >= 15 is 0 Å². The van der Waals surface area contributed by atoms with Crippen molar-refractivity contribution in [3.63, 3.8) is 0 Å². The third-order valence-corrected chi connectivity index (χ3v) is 2.77. The predicted molar refractivity (Wildman–Crippen MR) is 55.5 cm³/mol. The third kappa shape index (κ3) is 3.25. The molecule has 82 valence electrons. The average molecular weight is 200 g/mol. The van der Waals surface area contributed by atoms with Crippen LogP contribution < -0.4 is 11.3 Å². The van der Waals surface area contributed by atoms with Crippen LogP contribution in [-0.2, 0) is 4.79 Å². The summed E-state index contributed by atoms with van der Waals surface area (Å²) in [5.74, 6) is 4.89. The summed E-state index contributed by atoms with van der Waals surface area (Å²) in [6, 6.07) is 0.588. The molecule has 5 nitrogen and oxygen atoms in total. The first-order valence-corrected chi connectivity index (χ1v) is 5.01. The van der Waals surface area contributed by atoms with Crippen molar-refractivity contribution in [2.45, 2.75) is 18.9 Å². The molecule has 0 bridgehead atoms. The molecule has 5 heteroatoms. The van der Waals surface area contributed by atoms with Gasteiger partial charge in [0.15, 0.2) is 0 Å². The normalized spacial score (nSPS) is 23.0. The topological polar surface area (TPSA) is 61.6 Å². The van der Waals surface area contributed by atoms with E-state index in [0.717, 1.165) is 6.54 Å². The lowest BCUT2D eigenvalue weighted by atomic mass is 10.2. The van der Waals surface area contributed by atoms with Crippen LogP contribution in [0.5, 0.6) is 0 Å². The Morgan fingerprint density at radius 1 is 1.71 bits per heavy atom. The van der Waals surface area contributed by atoms with E-state index in [1.807, 2.05) is 11.9 Å². The van der Waals surface area contributed by atoms with Gasteiger partial charge in [0.05, 0.1) is 6.54 Å². The number of hydrogen-bond donors (Lipinski definition) is 2. The highest BCUT2D eigenvalue weighted by molar-refractivity contribution is 5.77. The first kappa shape index (κ1) is 11.4. The molecule has 1 saturated heterocycles. The molecule has 0 spiro atoms. The van der Waals surface area contributed by atoms with Crippen LogP contribution in [0.4, 0.5) is 0 Å². The zero-order valence-corrected chi connectivity index (χ0v) is 8.99. The quantitative estimate of drug-likeness (QED) is 0.347. The standard InChI is InChI=1S/C9H20N4O/c1-12(7-9(14)11-10)6-8-4-3-5-13(8)2/h8H,3-7,10H2,1-2H3,(H,11,14). The van der Waals surface area contributed by atoms with Gasteiger partial charge in [-0.1, -0.05) is 0 Å². The van der Waals surface area contributed by atoms with Crippen molar-refractivity contribution >= 4 is 5.91 Å². The maximum absolute atomic E-state index is 11.0. The molecule has 3 N–H and O–H groups in total. The number of nitrogens with one attached hydrogen (secondary N) is 1. The Morgan fingerprint density at radius 3 is 2.93 bits per heavy atom. The molecule has 1 aliphatic heterocycles. The van der Waals surface area contributed by atoms with Gasteiger partial charge in [-0.25, -0.2) is 5.84 Å². The molecule has 1 heterocycles. The van der Waals surface area contributed by atoms with Crippen LogP contribution in [0, 0.1) is 0 Å². The van der Waals surface area contributed by atoms with E-state index in [9.17, 15) is 4.79 Å². The van der Waals surface area contributed by atoms with Crippen molar-refractivity contribution in [2.24, 2.45) is 5.84 Å². The van der Waals surface area contributed by atoms with Gasteiger partial charge < -0.3 is 4.90 Å². The van der Waals surface area contributed by atoms with E-state index in [1.165, 1.54) is 19.4 Å². The van der Waals surface area contributed by atoms with Gasteiger partial charge in [0.1, 0.15) is 0 Å². The Kier molecular flexibility index (Phi) is 4.31. The fourth-order valence-corrected chi connectivity index (χ4v) is 1.93. The maximum Gasteiger partial charge on any atom is 0.248 e. The van der Waals surface area contributed by atoms with Gasteiger partial charge >= 0.3 is 0 Å². The highest BCUT2D eigenvalue weighted by atomic mass is 16.2. The number of rotatable bonds is 4. The molecule has 1 unspecified atom stereocenters. The lowest BCUT2D eigenvalue weighted by Crippen LogP contribution is -2.43. The highest BCUT2D eigenvalue weighted by Crippen LogP contribution is 2.14. The minimum Gasteiger partial charge on any atom is -0.302 e. The van der Waals surface area contributed by atoms with Gasteiger partial charge in [0.25, 0.3) is 0 Å². The number of hydrogen-bond acceptors (Lipinski definition) is 4. The number of carbonyl (C=O) groups excluding carboxylic acids is 1. The van der Waals surface area contributed by atoms with Gasteiger partial charge in [0, 0.05) is 12.6 Å². The Labute approximate surface area is 85.2 Å². The number of hydrazine groups is 1. The van der Waals surface area contributed by atoms with Crippen LogP contribution in [-0.4, -0.2) is 55.5 Å².